The minimum Gasteiger partial charge on any atom is -0.312 e. The Bertz CT molecular complexity index is 640. The van der Waals surface area contributed by atoms with Crippen molar-refractivity contribution >= 4 is 5.78 Å². The molecule has 0 spiro atoms. The van der Waals surface area contributed by atoms with E-state index in [1.165, 1.54) is 12.3 Å². The smallest absolute Gasteiger partial charge is 0.194 e. The first-order chi connectivity index (χ1) is 9.25. The normalized spacial score (nSPS) is 13.9. The summed E-state index contributed by atoms with van der Waals surface area (Å²) in [5.41, 5.74) is 3.16. The lowest BCUT2D eigenvalue weighted by Crippen LogP contribution is -2.25. The van der Waals surface area contributed by atoms with Crippen molar-refractivity contribution in [3.63, 3.8) is 0 Å². The molecule has 1 aromatic heterocycles. The molecule has 0 radical (unpaired) electrons. The highest BCUT2D eigenvalue weighted by atomic mass is 19.1. The Balaban J connectivity index is 2.05. The molecule has 1 aromatic carbocycles. The maximum Gasteiger partial charge on any atom is 0.194 e. The van der Waals surface area contributed by atoms with Gasteiger partial charge in [0.05, 0.1) is 6.20 Å². The molecule has 19 heavy (non-hydrogen) atoms. The molecule has 1 N–H and O–H groups in total. The highest BCUT2D eigenvalue weighted by molar-refractivity contribution is 6.09. The minimum atomic E-state index is -0.489. The molecular weight excluding hydrogens is 243 g/mol. The molecule has 0 atom stereocenters. The minimum absolute atomic E-state index is 0.161. The fourth-order valence-corrected chi connectivity index (χ4v) is 2.44. The molecule has 3 rings (SSSR count). The predicted octanol–water partition coefficient (Wildman–Crippen LogP) is 2.10. The van der Waals surface area contributed by atoms with E-state index in [1.54, 1.807) is 6.07 Å². The van der Waals surface area contributed by atoms with Crippen molar-refractivity contribution in [2.45, 2.75) is 13.0 Å². The van der Waals surface area contributed by atoms with Gasteiger partial charge in [-0.3, -0.25) is 9.78 Å². The van der Waals surface area contributed by atoms with Gasteiger partial charge in [-0.2, -0.15) is 0 Å². The molecule has 2 heterocycles. The fourth-order valence-electron chi connectivity index (χ4n) is 2.44. The second-order valence-corrected chi connectivity index (χ2v) is 4.59. The molecule has 3 nitrogen and oxygen atoms in total. The maximum atomic E-state index is 13.2. The summed E-state index contributed by atoms with van der Waals surface area (Å²) >= 11 is 0. The van der Waals surface area contributed by atoms with Crippen LogP contribution in [0.2, 0.25) is 0 Å². The first kappa shape index (κ1) is 12.0. The standard InChI is InChI=1S/C15H13FN2O/c16-12-6-11(8-18-9-12)15(19)14-3-1-2-10-7-17-5-4-13(10)14/h1-3,6,8-9,17H,4-5,7H2. The third-order valence-corrected chi connectivity index (χ3v) is 3.35. The predicted molar refractivity (Wildman–Crippen MR) is 69.5 cm³/mol. The van der Waals surface area contributed by atoms with E-state index in [9.17, 15) is 9.18 Å². The molecule has 0 saturated heterocycles. The largest absolute Gasteiger partial charge is 0.312 e. The van der Waals surface area contributed by atoms with Gasteiger partial charge in [0.2, 0.25) is 0 Å². The number of aromatic nitrogens is 1. The Morgan fingerprint density at radius 3 is 3.05 bits per heavy atom. The van der Waals surface area contributed by atoms with Crippen LogP contribution in [0, 0.1) is 5.82 Å². The quantitative estimate of drug-likeness (QED) is 0.837. The van der Waals surface area contributed by atoms with E-state index < -0.39 is 5.82 Å². The van der Waals surface area contributed by atoms with Crippen LogP contribution in [0.4, 0.5) is 4.39 Å². The number of hydrogen-bond donors (Lipinski definition) is 1. The number of nitrogens with zero attached hydrogens (tertiary/aromatic N) is 1. The molecule has 0 unspecified atom stereocenters. The summed E-state index contributed by atoms with van der Waals surface area (Å²) in [4.78, 5) is 16.2. The Hall–Kier alpha value is -2.07. The second-order valence-electron chi connectivity index (χ2n) is 4.59. The average molecular weight is 256 g/mol. The molecule has 0 fully saturated rings. The number of halogens is 1. The van der Waals surface area contributed by atoms with Crippen molar-refractivity contribution in [2.24, 2.45) is 0 Å². The highest BCUT2D eigenvalue weighted by Gasteiger charge is 2.18. The van der Waals surface area contributed by atoms with E-state index in [1.807, 2.05) is 12.1 Å². The molecular formula is C15H13FN2O. The number of carbonyl (C=O) groups is 1. The summed E-state index contributed by atoms with van der Waals surface area (Å²) in [5, 5.41) is 3.27. The molecule has 0 bridgehead atoms. The van der Waals surface area contributed by atoms with Crippen LogP contribution in [-0.4, -0.2) is 17.3 Å². The molecule has 1 aliphatic heterocycles. The van der Waals surface area contributed by atoms with E-state index in [4.69, 9.17) is 0 Å². The first-order valence-electron chi connectivity index (χ1n) is 6.22. The Morgan fingerprint density at radius 1 is 1.32 bits per heavy atom. The molecule has 4 heteroatoms. The van der Waals surface area contributed by atoms with Gasteiger partial charge in [0, 0.05) is 23.9 Å². The molecule has 2 aromatic rings. The average Bonchev–Trinajstić information content (AvgIpc) is 2.46. The summed E-state index contributed by atoms with van der Waals surface area (Å²) in [7, 11) is 0. The van der Waals surface area contributed by atoms with E-state index in [0.717, 1.165) is 36.8 Å². The van der Waals surface area contributed by atoms with Gasteiger partial charge in [0.15, 0.2) is 5.78 Å². The van der Waals surface area contributed by atoms with E-state index >= 15 is 0 Å². The molecule has 96 valence electrons. The van der Waals surface area contributed by atoms with Crippen molar-refractivity contribution in [2.75, 3.05) is 6.54 Å². The van der Waals surface area contributed by atoms with Gasteiger partial charge in [-0.25, -0.2) is 4.39 Å². The van der Waals surface area contributed by atoms with Crippen LogP contribution in [0.25, 0.3) is 0 Å². The highest BCUT2D eigenvalue weighted by Crippen LogP contribution is 2.21. The van der Waals surface area contributed by atoms with Gasteiger partial charge in [-0.15, -0.1) is 0 Å². The summed E-state index contributed by atoms with van der Waals surface area (Å²) in [5.74, 6) is -0.650. The number of carbonyl (C=O) groups excluding carboxylic acids is 1. The third kappa shape index (κ3) is 2.27. The van der Waals surface area contributed by atoms with Crippen molar-refractivity contribution < 1.29 is 9.18 Å². The lowest BCUT2D eigenvalue weighted by molar-refractivity contribution is 0.103. The number of pyridine rings is 1. The van der Waals surface area contributed by atoms with E-state index in [-0.39, 0.29) is 5.78 Å². The number of nitrogens with one attached hydrogen (secondary N) is 1. The van der Waals surface area contributed by atoms with Crippen molar-refractivity contribution in [1.82, 2.24) is 10.3 Å². The van der Waals surface area contributed by atoms with Crippen molar-refractivity contribution in [1.29, 1.82) is 0 Å². The summed E-state index contributed by atoms with van der Waals surface area (Å²) < 4.78 is 13.2. The number of benzene rings is 1. The molecule has 1 aliphatic rings. The van der Waals surface area contributed by atoms with Gasteiger partial charge in [-0.1, -0.05) is 18.2 Å². The van der Waals surface area contributed by atoms with Crippen molar-refractivity contribution in [3.05, 3.63) is 64.7 Å². The van der Waals surface area contributed by atoms with Gasteiger partial charge in [0.1, 0.15) is 5.82 Å². The third-order valence-electron chi connectivity index (χ3n) is 3.35. The zero-order chi connectivity index (χ0) is 13.2. The maximum absolute atomic E-state index is 13.2. The molecule has 0 amide bonds. The van der Waals surface area contributed by atoms with Gasteiger partial charge in [-0.05, 0) is 30.2 Å². The van der Waals surface area contributed by atoms with Crippen LogP contribution in [0.3, 0.4) is 0 Å². The van der Waals surface area contributed by atoms with Crippen LogP contribution < -0.4 is 5.32 Å². The van der Waals surface area contributed by atoms with E-state index in [2.05, 4.69) is 10.3 Å². The molecule has 0 saturated carbocycles. The van der Waals surface area contributed by atoms with Crippen LogP contribution in [-0.2, 0) is 13.0 Å². The van der Waals surface area contributed by atoms with Gasteiger partial charge >= 0.3 is 0 Å². The summed E-state index contributed by atoms with van der Waals surface area (Å²) in [6.45, 7) is 1.64. The number of rotatable bonds is 2. The van der Waals surface area contributed by atoms with Gasteiger partial charge < -0.3 is 5.32 Å². The lowest BCUT2D eigenvalue weighted by Gasteiger charge is -2.19. The van der Waals surface area contributed by atoms with E-state index in [0.29, 0.717) is 11.1 Å². The Morgan fingerprint density at radius 2 is 2.21 bits per heavy atom. The molecule has 0 aliphatic carbocycles. The summed E-state index contributed by atoms with van der Waals surface area (Å²) in [6, 6.07) is 6.92. The SMILES string of the molecule is O=C(c1cncc(F)c1)c1cccc2c1CCNC2. The van der Waals surface area contributed by atoms with Crippen LogP contribution in [0.5, 0.6) is 0 Å². The topological polar surface area (TPSA) is 42.0 Å². The van der Waals surface area contributed by atoms with Gasteiger partial charge in [0.25, 0.3) is 0 Å². The Kier molecular flexibility index (Phi) is 3.09. The van der Waals surface area contributed by atoms with Crippen LogP contribution in [0.1, 0.15) is 27.0 Å². The monoisotopic (exact) mass is 256 g/mol. The zero-order valence-electron chi connectivity index (χ0n) is 10.3. The summed E-state index contributed by atoms with van der Waals surface area (Å²) in [6.07, 6.45) is 3.33. The first-order valence-corrected chi connectivity index (χ1v) is 6.22. The fraction of sp³-hybridized carbons (Fsp3) is 0.200. The number of ketones is 1. The lowest BCUT2D eigenvalue weighted by atomic mass is 9.91. The Labute approximate surface area is 110 Å². The number of fused-ring (bicyclic) bond motifs is 1. The van der Waals surface area contributed by atoms with Crippen LogP contribution >= 0.6 is 0 Å². The zero-order valence-corrected chi connectivity index (χ0v) is 10.3. The number of hydrogen-bond acceptors (Lipinski definition) is 3. The van der Waals surface area contributed by atoms with Crippen LogP contribution in [0.15, 0.2) is 36.7 Å². The van der Waals surface area contributed by atoms with Crippen molar-refractivity contribution in [3.8, 4) is 0 Å². The second kappa shape index (κ2) is 4.90.